The molecule has 0 saturated carbocycles. The van der Waals surface area contributed by atoms with Crippen LogP contribution in [0.5, 0.6) is 11.5 Å². The average Bonchev–Trinajstić information content (AvgIpc) is 0.779. The molecule has 696 valence electrons. The van der Waals surface area contributed by atoms with Gasteiger partial charge in [-0.05, 0) is 179 Å². The van der Waals surface area contributed by atoms with Crippen molar-refractivity contribution >= 4 is 148 Å². The number of hydrogen-bond donors (Lipinski definition) is 7. The summed E-state index contributed by atoms with van der Waals surface area (Å²) in [5.41, 5.74) is 24.3. The van der Waals surface area contributed by atoms with Crippen molar-refractivity contribution in [3.8, 4) is 11.5 Å². The number of nitrogens with two attached hydrogens (primary N) is 4. The van der Waals surface area contributed by atoms with E-state index < -0.39 is 86.0 Å². The molecule has 11 N–H and O–H groups in total. The minimum absolute atomic E-state index is 0. The minimum Gasteiger partial charge on any atom is -0.870 e. The van der Waals surface area contributed by atoms with Crippen LogP contribution in [-0.2, 0) is 38.4 Å². The standard InChI is InChI=1S/C18H24F4O3S.C14H13FN2O2S.C13H11FN2O4S.C13H11FN2O2S.C11H22O2S.C7H3BrF4O.C7H7BrN2O2.CH4.Li.H2O/c1-3-5-6-13(4-2)12-24-17(23)9-10-26-16-8-7-14(11-15(16)19)25-18(20,21)22;1-8-3-4-12(10(15)5-8)20-9-6-11(16)13(17-7-9)14(18)19-2;1-7-2-3-11(9(14)4-7)21(19,20)8-5-10(15)12(13(17)18)16-6-8;1-7-2-3-11(9(14)4-7)19-8-5-10(15)12(13(17)18)16-6-8;1-3-5-6-10(4-2)9-13-11(12)7-8-14;8-5-2-1-4(3-6(5)9)13-7(10,11)12;1-12-7(11)6-5(9)2-4(8)3-10-6;;;/h7-8,11,13H,3-6,9-10,12H2,1-2H3;3-7H,16H2,1-2H3;2-6H,15H2,1H3,(H,17,18);2-6H,15H2,1H3,(H,17,18);10,14H,3-9H2,1-2H3;1-3H;2-3H,9H2,1H3;1H4;;1H2/q;;;;;;;;+1;/p-1. The third kappa shape index (κ3) is 43.7. The first-order valence-corrected chi connectivity index (χ1v) is 43.6. The Labute approximate surface area is 780 Å². The molecule has 128 heavy (non-hydrogen) atoms. The van der Waals surface area contributed by atoms with E-state index in [1.807, 2.05) is 13.0 Å². The molecule has 0 bridgehead atoms. The molecule has 9 aromatic rings. The molecule has 25 nitrogen and oxygen atoms in total. The number of nitrogen functional groups attached to an aromatic ring is 4. The number of aromatic carboxylic acids is 2. The zero-order chi connectivity index (χ0) is 94.1. The Hall–Kier alpha value is -9.58. The number of thioether (sulfide) groups is 1. The van der Waals surface area contributed by atoms with E-state index in [1.165, 1.54) is 94.2 Å². The number of carbonyl (C=O) groups excluding carboxylic acids is 4. The Morgan fingerprint density at radius 2 is 0.891 bits per heavy atom. The molecule has 2 unspecified atom stereocenters. The Bertz CT molecular complexity index is 5210. The number of sulfone groups is 1. The first-order valence-electron chi connectivity index (χ1n) is 37.2. The minimum atomic E-state index is -4.86. The number of esters is 4. The van der Waals surface area contributed by atoms with Crippen LogP contribution in [0.2, 0.25) is 0 Å². The number of halogens is 13. The van der Waals surface area contributed by atoms with E-state index in [0.29, 0.717) is 80.2 Å². The number of aromatic nitrogens is 4. The molecule has 0 aliphatic rings. The summed E-state index contributed by atoms with van der Waals surface area (Å²) in [6.45, 7) is 14.7. The molecule has 0 amide bonds. The van der Waals surface area contributed by atoms with Crippen LogP contribution in [0.4, 0.5) is 71.0 Å². The number of nitrogens with zero attached hydrogens (tertiary/aromatic N) is 4. The zero-order valence-electron chi connectivity index (χ0n) is 70.0. The predicted molar refractivity (Wildman–Crippen MR) is 471 cm³/mol. The van der Waals surface area contributed by atoms with Gasteiger partial charge >= 0.3 is 67.4 Å². The van der Waals surface area contributed by atoms with Gasteiger partial charge in [0.2, 0.25) is 9.84 Å². The van der Waals surface area contributed by atoms with Crippen LogP contribution in [-0.4, -0.2) is 132 Å². The topological polar surface area (TPSA) is 418 Å². The second kappa shape index (κ2) is 59.6. The fourth-order valence-electron chi connectivity index (χ4n) is 9.74. The van der Waals surface area contributed by atoms with Crippen LogP contribution in [0.25, 0.3) is 0 Å². The summed E-state index contributed by atoms with van der Waals surface area (Å²) in [5.74, 6) is -6.75. The summed E-state index contributed by atoms with van der Waals surface area (Å²) < 4.78 is 191. The van der Waals surface area contributed by atoms with Crippen LogP contribution < -0.4 is 51.3 Å². The van der Waals surface area contributed by atoms with Gasteiger partial charge in [-0.3, -0.25) is 9.59 Å². The molecule has 0 aliphatic heterocycles. The number of anilines is 4. The van der Waals surface area contributed by atoms with E-state index in [1.54, 1.807) is 44.2 Å². The Morgan fingerprint density at radius 3 is 1.27 bits per heavy atom. The maximum absolute atomic E-state index is 13.8. The molecular formula is C84H96Br2F11LiN8O17S5. The number of thiol groups is 1. The number of ether oxygens (including phenoxy) is 6. The smallest absolute Gasteiger partial charge is 0.870 e. The molecule has 0 aliphatic carbocycles. The van der Waals surface area contributed by atoms with Gasteiger partial charge in [-0.2, -0.15) is 12.6 Å². The average molecular weight is 2030 g/mol. The van der Waals surface area contributed by atoms with Crippen molar-refractivity contribution < 1.29 is 148 Å². The van der Waals surface area contributed by atoms with Gasteiger partial charge in [0.25, 0.3) is 0 Å². The van der Waals surface area contributed by atoms with E-state index >= 15 is 0 Å². The number of carboxylic acids is 2. The van der Waals surface area contributed by atoms with Crippen LogP contribution in [0.3, 0.4) is 0 Å². The number of rotatable bonds is 30. The molecule has 2 atom stereocenters. The molecule has 44 heteroatoms. The van der Waals surface area contributed by atoms with E-state index in [0.717, 1.165) is 114 Å². The summed E-state index contributed by atoms with van der Waals surface area (Å²) in [6, 6.07) is 24.9. The number of hydrogen-bond acceptors (Lipinski definition) is 27. The third-order valence-corrected chi connectivity index (χ3v) is 22.4. The van der Waals surface area contributed by atoms with Gasteiger partial charge in [-0.15, -0.1) is 38.1 Å². The van der Waals surface area contributed by atoms with Gasteiger partial charge in [0.1, 0.15) is 45.5 Å². The SMILES string of the molecule is C.CCCCC(CC)COC(=O)CCS.CCCCC(CC)COC(=O)CCSc1ccc(OC(F)(F)F)cc1F.COC(=O)c1ncc(Br)cc1N.COC(=O)c1ncc(Sc2ccc(C)cc2F)cc1N.Cc1ccc(S(=O)(=O)c2cnc(C(=O)O)c(N)c2)c(F)c1.Cc1ccc(Sc2cnc(C(=O)O)c(N)c2)c(F)c1.Fc1cc(OC(F)(F)F)ccc1Br.[Li+].[OH-]. The quantitative estimate of drug-likeness (QED) is 0.00549. The summed E-state index contributed by atoms with van der Waals surface area (Å²) in [5, 5.41) is 17.6. The molecular weight excluding hydrogens is 1930 g/mol. The molecule has 0 fully saturated rings. The van der Waals surface area contributed by atoms with Crippen molar-refractivity contribution in [1.29, 1.82) is 0 Å². The Kier molecular flexibility index (Phi) is 55.1. The fourth-order valence-corrected chi connectivity index (χ4v) is 14.3. The van der Waals surface area contributed by atoms with Crippen LogP contribution in [0.15, 0.2) is 183 Å². The monoisotopic (exact) mass is 2020 g/mol. The normalized spacial score (nSPS) is 11.0. The third-order valence-electron chi connectivity index (χ3n) is 16.2. The maximum Gasteiger partial charge on any atom is 1.00 e. The van der Waals surface area contributed by atoms with Gasteiger partial charge in [0.15, 0.2) is 22.8 Å². The largest absolute Gasteiger partial charge is 1.00 e. The summed E-state index contributed by atoms with van der Waals surface area (Å²) >= 11 is 13.3. The fraction of sp³-hybridized carbons (Fsp3) is 0.333. The van der Waals surface area contributed by atoms with Crippen molar-refractivity contribution in [1.82, 2.24) is 19.9 Å². The molecule has 0 saturated heterocycles. The number of methoxy groups -OCH3 is 2. The number of carbonyl (C=O) groups is 6. The molecule has 0 radical (unpaired) electrons. The number of alkyl halides is 6. The van der Waals surface area contributed by atoms with Crippen molar-refractivity contribution in [2.24, 2.45) is 11.8 Å². The number of unbranched alkanes of at least 4 members (excludes halogenated alkanes) is 2. The number of pyridine rings is 4. The second-order valence-electron chi connectivity index (χ2n) is 26.1. The molecule has 5 aromatic carbocycles. The molecule has 0 spiro atoms. The molecule has 4 heterocycles. The van der Waals surface area contributed by atoms with E-state index in [-0.39, 0.29) is 116 Å². The van der Waals surface area contributed by atoms with Gasteiger partial charge in [0, 0.05) is 77.4 Å². The molecule has 4 aromatic heterocycles. The zero-order valence-corrected chi connectivity index (χ0v) is 77.3. The second-order valence-corrected chi connectivity index (χ2v) is 33.6. The summed E-state index contributed by atoms with van der Waals surface area (Å²) in [4.78, 5) is 83.1. The summed E-state index contributed by atoms with van der Waals surface area (Å²) in [6.07, 6.45) is 4.89. The van der Waals surface area contributed by atoms with Crippen LogP contribution >= 0.6 is 79.8 Å². The van der Waals surface area contributed by atoms with Crippen molar-refractivity contribution in [2.75, 3.05) is 61.9 Å². The van der Waals surface area contributed by atoms with Crippen LogP contribution in [0, 0.1) is 61.7 Å². The number of aryl methyl sites for hydroxylation is 3. The van der Waals surface area contributed by atoms with Crippen molar-refractivity contribution in [3.63, 3.8) is 0 Å². The first kappa shape index (κ1) is 118. The molecule has 9 rings (SSSR count). The van der Waals surface area contributed by atoms with Crippen LogP contribution in [0.1, 0.15) is 158 Å². The van der Waals surface area contributed by atoms with Gasteiger partial charge in [-0.1, -0.05) is 115 Å². The van der Waals surface area contributed by atoms with E-state index in [9.17, 15) is 85.5 Å². The van der Waals surface area contributed by atoms with E-state index in [2.05, 4.69) is 111 Å². The van der Waals surface area contributed by atoms with Gasteiger partial charge in [-0.25, -0.2) is 69.5 Å². The Balaban J connectivity index is 0.00000148. The van der Waals surface area contributed by atoms with Crippen molar-refractivity contribution in [3.05, 3.63) is 218 Å². The number of carboxylic acid groups (broad SMARTS) is 2. The summed E-state index contributed by atoms with van der Waals surface area (Å²) in [7, 11) is -1.62. The predicted octanol–water partition coefficient (Wildman–Crippen LogP) is 18.8. The van der Waals surface area contributed by atoms with Gasteiger partial charge in [0.05, 0.1) is 72.4 Å². The van der Waals surface area contributed by atoms with Crippen molar-refractivity contribution in [2.45, 2.75) is 167 Å². The first-order chi connectivity index (χ1) is 58.7. The number of benzene rings is 5. The maximum atomic E-state index is 13.8. The van der Waals surface area contributed by atoms with Gasteiger partial charge < -0.3 is 67.0 Å². The Morgan fingerprint density at radius 1 is 0.508 bits per heavy atom. The van der Waals surface area contributed by atoms with E-state index in [4.69, 9.17) is 42.6 Å².